The van der Waals surface area contributed by atoms with Crippen LogP contribution in [0.25, 0.3) is 0 Å². The predicted octanol–water partition coefficient (Wildman–Crippen LogP) is 2.21. The number of rotatable bonds is 4. The summed E-state index contributed by atoms with van der Waals surface area (Å²) in [5, 5.41) is 10.6. The van der Waals surface area contributed by atoms with Gasteiger partial charge in [-0.2, -0.15) is 0 Å². The van der Waals surface area contributed by atoms with Crippen LogP contribution < -0.4 is 0 Å². The highest BCUT2D eigenvalue weighted by Gasteiger charge is 2.34. The van der Waals surface area contributed by atoms with Crippen molar-refractivity contribution in [1.29, 1.82) is 0 Å². The van der Waals surface area contributed by atoms with Gasteiger partial charge in [-0.15, -0.1) is 11.3 Å². The van der Waals surface area contributed by atoms with Gasteiger partial charge in [0.15, 0.2) is 0 Å². The summed E-state index contributed by atoms with van der Waals surface area (Å²) in [6.07, 6.45) is 1.67. The lowest BCUT2D eigenvalue weighted by Crippen LogP contribution is -2.28. The first-order valence-corrected chi connectivity index (χ1v) is 7.44. The van der Waals surface area contributed by atoms with Crippen molar-refractivity contribution in [1.82, 2.24) is 4.90 Å². The minimum Gasteiger partial charge on any atom is -0.395 e. The van der Waals surface area contributed by atoms with Gasteiger partial charge in [-0.25, -0.2) is 0 Å². The Balaban J connectivity index is 2.02. The number of carbonyl (C=O) groups is 1. The Bertz CT molecular complexity index is 512. The Kier molecular flexibility index (Phi) is 4.62. The molecule has 3 nitrogen and oxygen atoms in total. The summed E-state index contributed by atoms with van der Waals surface area (Å²) in [5.74, 6) is 7.30. The number of aliphatic hydroxyl groups is 1. The first-order chi connectivity index (χ1) is 9.13. The lowest BCUT2D eigenvalue weighted by Gasteiger charge is -2.16. The standard InChI is InChI=1S/C15H19NO2S/c1-11-9-13(11)10-16(2)15(18)14-12(6-8-19-14)5-3-4-7-17/h6,8,11,13,17H,4,7,9-10H2,1-2H3. The number of aliphatic hydroxyl groups excluding tert-OH is 1. The third kappa shape index (κ3) is 3.59. The maximum absolute atomic E-state index is 12.3. The molecule has 102 valence electrons. The summed E-state index contributed by atoms with van der Waals surface area (Å²) in [7, 11) is 1.86. The zero-order chi connectivity index (χ0) is 13.8. The van der Waals surface area contributed by atoms with Gasteiger partial charge in [-0.1, -0.05) is 18.8 Å². The largest absolute Gasteiger partial charge is 0.395 e. The van der Waals surface area contributed by atoms with Crippen LogP contribution in [0.3, 0.4) is 0 Å². The van der Waals surface area contributed by atoms with Gasteiger partial charge < -0.3 is 10.0 Å². The van der Waals surface area contributed by atoms with Gasteiger partial charge in [0.2, 0.25) is 0 Å². The molecule has 2 unspecified atom stereocenters. The summed E-state index contributed by atoms with van der Waals surface area (Å²) in [6.45, 7) is 3.11. The van der Waals surface area contributed by atoms with Crippen molar-refractivity contribution >= 4 is 17.2 Å². The van der Waals surface area contributed by atoms with Crippen molar-refractivity contribution in [2.45, 2.75) is 19.8 Å². The van der Waals surface area contributed by atoms with Crippen LogP contribution in [0.5, 0.6) is 0 Å². The maximum atomic E-state index is 12.3. The van der Waals surface area contributed by atoms with Crippen LogP contribution in [-0.2, 0) is 0 Å². The Morgan fingerprint density at radius 3 is 3.00 bits per heavy atom. The Labute approximate surface area is 118 Å². The molecule has 0 bridgehead atoms. The average Bonchev–Trinajstić information content (AvgIpc) is 2.91. The summed E-state index contributed by atoms with van der Waals surface area (Å²) >= 11 is 1.44. The van der Waals surface area contributed by atoms with Crippen LogP contribution in [-0.4, -0.2) is 36.1 Å². The van der Waals surface area contributed by atoms with E-state index in [2.05, 4.69) is 18.8 Å². The number of hydrogen-bond donors (Lipinski definition) is 1. The fourth-order valence-electron chi connectivity index (χ4n) is 2.05. The fourth-order valence-corrected chi connectivity index (χ4v) is 2.89. The maximum Gasteiger partial charge on any atom is 0.264 e. The van der Waals surface area contributed by atoms with Crippen molar-refractivity contribution in [3.8, 4) is 11.8 Å². The first kappa shape index (κ1) is 14.1. The van der Waals surface area contributed by atoms with E-state index >= 15 is 0 Å². The van der Waals surface area contributed by atoms with Crippen LogP contribution in [0.4, 0.5) is 0 Å². The number of amides is 1. The summed E-state index contributed by atoms with van der Waals surface area (Å²) < 4.78 is 0. The Hall–Kier alpha value is -1.31. The second-order valence-electron chi connectivity index (χ2n) is 5.10. The van der Waals surface area contributed by atoms with Gasteiger partial charge >= 0.3 is 0 Å². The van der Waals surface area contributed by atoms with E-state index < -0.39 is 0 Å². The third-order valence-corrected chi connectivity index (χ3v) is 4.35. The molecular formula is C15H19NO2S. The van der Waals surface area contributed by atoms with Crippen LogP contribution in [0.1, 0.15) is 35.0 Å². The lowest BCUT2D eigenvalue weighted by molar-refractivity contribution is 0.0791. The molecule has 19 heavy (non-hydrogen) atoms. The molecule has 0 aliphatic heterocycles. The van der Waals surface area contributed by atoms with Crippen molar-refractivity contribution in [2.75, 3.05) is 20.2 Å². The number of thiophene rings is 1. The van der Waals surface area contributed by atoms with E-state index in [0.29, 0.717) is 17.2 Å². The Morgan fingerprint density at radius 1 is 1.63 bits per heavy atom. The topological polar surface area (TPSA) is 40.5 Å². The molecule has 1 N–H and O–H groups in total. The molecule has 1 aromatic rings. The van der Waals surface area contributed by atoms with Crippen molar-refractivity contribution in [3.05, 3.63) is 21.9 Å². The van der Waals surface area contributed by atoms with E-state index in [1.807, 2.05) is 18.5 Å². The quantitative estimate of drug-likeness (QED) is 0.857. The van der Waals surface area contributed by atoms with Crippen molar-refractivity contribution < 1.29 is 9.90 Å². The molecule has 1 aliphatic carbocycles. The molecule has 1 amide bonds. The third-order valence-electron chi connectivity index (χ3n) is 3.45. The molecule has 0 saturated heterocycles. The highest BCUT2D eigenvalue weighted by molar-refractivity contribution is 7.12. The SMILES string of the molecule is CC1CC1CN(C)C(=O)c1sccc1C#CCCO. The fraction of sp³-hybridized carbons (Fsp3) is 0.533. The number of hydrogen-bond acceptors (Lipinski definition) is 3. The van der Waals surface area contributed by atoms with Crippen LogP contribution >= 0.6 is 11.3 Å². The molecule has 1 heterocycles. The lowest BCUT2D eigenvalue weighted by atomic mass is 10.2. The van der Waals surface area contributed by atoms with Gasteiger partial charge in [0.05, 0.1) is 6.61 Å². The van der Waals surface area contributed by atoms with Crippen LogP contribution in [0, 0.1) is 23.7 Å². The first-order valence-electron chi connectivity index (χ1n) is 6.56. The smallest absolute Gasteiger partial charge is 0.264 e. The van der Waals surface area contributed by atoms with Gasteiger partial charge in [0, 0.05) is 25.6 Å². The van der Waals surface area contributed by atoms with Gasteiger partial charge in [-0.3, -0.25) is 4.79 Å². The Morgan fingerprint density at radius 2 is 2.37 bits per heavy atom. The zero-order valence-electron chi connectivity index (χ0n) is 11.3. The van der Waals surface area contributed by atoms with Crippen LogP contribution in [0.15, 0.2) is 11.4 Å². The van der Waals surface area contributed by atoms with E-state index in [-0.39, 0.29) is 12.5 Å². The molecule has 1 aromatic heterocycles. The van der Waals surface area contributed by atoms with E-state index in [1.54, 1.807) is 4.90 Å². The molecule has 1 saturated carbocycles. The van der Waals surface area contributed by atoms with E-state index in [4.69, 9.17) is 5.11 Å². The second-order valence-corrected chi connectivity index (χ2v) is 6.01. The average molecular weight is 277 g/mol. The summed E-state index contributed by atoms with van der Waals surface area (Å²) in [6, 6.07) is 1.87. The van der Waals surface area contributed by atoms with Crippen molar-refractivity contribution in [3.63, 3.8) is 0 Å². The molecule has 0 spiro atoms. The monoisotopic (exact) mass is 277 g/mol. The molecule has 0 aromatic carbocycles. The van der Waals surface area contributed by atoms with E-state index in [1.165, 1.54) is 17.8 Å². The molecule has 0 radical (unpaired) electrons. The minimum atomic E-state index is 0.0554. The minimum absolute atomic E-state index is 0.0554. The molecular weight excluding hydrogens is 258 g/mol. The highest BCUT2D eigenvalue weighted by atomic mass is 32.1. The molecule has 2 atom stereocenters. The second kappa shape index (κ2) is 6.23. The number of nitrogens with zero attached hydrogens (tertiary/aromatic N) is 1. The molecule has 2 rings (SSSR count). The van der Waals surface area contributed by atoms with Gasteiger partial charge in [0.1, 0.15) is 4.88 Å². The van der Waals surface area contributed by atoms with Gasteiger partial charge in [-0.05, 0) is 29.7 Å². The van der Waals surface area contributed by atoms with Gasteiger partial charge in [0.25, 0.3) is 5.91 Å². The summed E-state index contributed by atoms with van der Waals surface area (Å²) in [4.78, 5) is 14.9. The van der Waals surface area contributed by atoms with Crippen molar-refractivity contribution in [2.24, 2.45) is 11.8 Å². The molecule has 1 aliphatic rings. The zero-order valence-corrected chi connectivity index (χ0v) is 12.2. The summed E-state index contributed by atoms with van der Waals surface area (Å²) in [5.41, 5.74) is 0.777. The predicted molar refractivity (Wildman–Crippen MR) is 77.1 cm³/mol. The van der Waals surface area contributed by atoms with E-state index in [9.17, 15) is 4.79 Å². The normalized spacial score (nSPS) is 20.6. The molecule has 1 fully saturated rings. The molecule has 4 heteroatoms. The van der Waals surface area contributed by atoms with Crippen LogP contribution in [0.2, 0.25) is 0 Å². The van der Waals surface area contributed by atoms with E-state index in [0.717, 1.165) is 18.0 Å². The number of carbonyl (C=O) groups excluding carboxylic acids is 1. The highest BCUT2D eigenvalue weighted by Crippen LogP contribution is 2.38.